The van der Waals surface area contributed by atoms with Crippen molar-refractivity contribution in [1.82, 2.24) is 0 Å². The molecule has 0 atom stereocenters. The molecule has 4 heteroatoms. The molecule has 2 aromatic rings. The van der Waals surface area contributed by atoms with Crippen LogP contribution in [0.4, 0.5) is 4.39 Å². The van der Waals surface area contributed by atoms with E-state index in [1.165, 1.54) is 25.7 Å². The van der Waals surface area contributed by atoms with Gasteiger partial charge in [0.1, 0.15) is 10.8 Å². The Morgan fingerprint density at radius 1 is 1.12 bits per heavy atom. The molecule has 0 radical (unpaired) electrons. The van der Waals surface area contributed by atoms with Gasteiger partial charge in [-0.15, -0.1) is 5.56 Å². The van der Waals surface area contributed by atoms with Gasteiger partial charge in [0.15, 0.2) is 5.82 Å². The fourth-order valence-electron chi connectivity index (χ4n) is 3.14. The maximum absolute atomic E-state index is 14.5. The van der Waals surface area contributed by atoms with Crippen LogP contribution < -0.4 is 62.9 Å². The topological polar surface area (TPSA) is 9.23 Å². The molecule has 3 rings (SSSR count). The van der Waals surface area contributed by atoms with Gasteiger partial charge in [0.05, 0.1) is 6.61 Å². The number of halogens is 2. The second-order valence-electron chi connectivity index (χ2n) is 6.46. The van der Waals surface area contributed by atoms with Gasteiger partial charge in [-0.1, -0.05) is 31.4 Å². The van der Waals surface area contributed by atoms with E-state index in [1.807, 2.05) is 12.1 Å². The summed E-state index contributed by atoms with van der Waals surface area (Å²) in [6.07, 6.45) is 4.86. The zero-order chi connectivity index (χ0) is 16.2. The first kappa shape index (κ1) is 20.6. The molecule has 0 amide bonds. The maximum Gasteiger partial charge on any atom is 1.00 e. The summed E-state index contributed by atoms with van der Waals surface area (Å²) in [4.78, 5) is 0. The van der Waals surface area contributed by atoms with Gasteiger partial charge < -0.3 is 4.74 Å². The smallest absolute Gasteiger partial charge is 0.492 e. The molecular formula is C20H21ClFORb. The summed E-state index contributed by atoms with van der Waals surface area (Å²) in [6, 6.07) is 13.6. The Hall–Kier alpha value is 0.265. The first-order chi connectivity index (χ1) is 11.1. The molecule has 0 spiro atoms. The summed E-state index contributed by atoms with van der Waals surface area (Å²) in [7, 11) is 0. The Kier molecular flexibility index (Phi) is 8.42. The Morgan fingerprint density at radius 2 is 1.79 bits per heavy atom. The van der Waals surface area contributed by atoms with Crippen LogP contribution in [0.15, 0.2) is 36.4 Å². The SMILES string of the molecule is CC1CCC(COc2ccc(-c3cc[c-]cc3)c(F)c2Cl)CC1.[Rb+]. The van der Waals surface area contributed by atoms with Crippen molar-refractivity contribution in [3.8, 4) is 16.9 Å². The Morgan fingerprint density at radius 3 is 2.46 bits per heavy atom. The van der Waals surface area contributed by atoms with E-state index in [0.717, 1.165) is 11.5 Å². The van der Waals surface area contributed by atoms with Gasteiger partial charge in [-0.3, -0.25) is 0 Å². The predicted molar refractivity (Wildman–Crippen MR) is 92.3 cm³/mol. The number of benzene rings is 2. The number of rotatable bonds is 4. The zero-order valence-electron chi connectivity index (χ0n) is 14.3. The Labute approximate surface area is 197 Å². The van der Waals surface area contributed by atoms with Gasteiger partial charge in [-0.25, -0.2) is 4.39 Å². The average Bonchev–Trinajstić information content (AvgIpc) is 2.58. The minimum Gasteiger partial charge on any atom is -0.492 e. The van der Waals surface area contributed by atoms with E-state index in [1.54, 1.807) is 24.3 Å². The molecule has 1 fully saturated rings. The maximum atomic E-state index is 14.5. The van der Waals surface area contributed by atoms with Crippen molar-refractivity contribution in [2.45, 2.75) is 32.6 Å². The molecule has 0 saturated heterocycles. The summed E-state index contributed by atoms with van der Waals surface area (Å²) in [5.41, 5.74) is 1.28. The molecule has 0 N–H and O–H groups in total. The van der Waals surface area contributed by atoms with Crippen molar-refractivity contribution in [3.63, 3.8) is 0 Å². The van der Waals surface area contributed by atoms with Crippen LogP contribution >= 0.6 is 11.6 Å². The third-order valence-corrected chi connectivity index (χ3v) is 5.04. The van der Waals surface area contributed by atoms with Gasteiger partial charge >= 0.3 is 58.2 Å². The predicted octanol–water partition coefficient (Wildman–Crippen LogP) is 3.16. The van der Waals surface area contributed by atoms with Crippen LogP contribution in [0, 0.1) is 23.7 Å². The molecule has 24 heavy (non-hydrogen) atoms. The molecule has 0 bridgehead atoms. The summed E-state index contributed by atoms with van der Waals surface area (Å²) in [5.74, 6) is 1.38. The minimum atomic E-state index is -0.423. The Bertz CT molecular complexity index is 654. The van der Waals surface area contributed by atoms with Crippen LogP contribution in [0.2, 0.25) is 5.02 Å². The van der Waals surface area contributed by atoms with E-state index >= 15 is 0 Å². The second kappa shape index (κ2) is 9.82. The van der Waals surface area contributed by atoms with Gasteiger partial charge in [0.2, 0.25) is 0 Å². The van der Waals surface area contributed by atoms with Gasteiger partial charge in [-0.2, -0.15) is 30.3 Å². The molecule has 1 nitrogen and oxygen atoms in total. The van der Waals surface area contributed by atoms with E-state index in [4.69, 9.17) is 16.3 Å². The van der Waals surface area contributed by atoms with Crippen LogP contribution in [-0.4, -0.2) is 6.61 Å². The van der Waals surface area contributed by atoms with E-state index in [0.29, 0.717) is 23.8 Å². The van der Waals surface area contributed by atoms with E-state index in [2.05, 4.69) is 13.0 Å². The van der Waals surface area contributed by atoms with Crippen LogP contribution in [0.3, 0.4) is 0 Å². The van der Waals surface area contributed by atoms with Crippen molar-refractivity contribution in [2.24, 2.45) is 11.8 Å². The molecule has 1 aliphatic carbocycles. The molecule has 0 heterocycles. The fraction of sp³-hybridized carbons (Fsp3) is 0.400. The normalized spacial score (nSPS) is 20.3. The minimum absolute atomic E-state index is 0. The summed E-state index contributed by atoms with van der Waals surface area (Å²) in [6.45, 7) is 2.91. The van der Waals surface area contributed by atoms with E-state index < -0.39 is 5.82 Å². The Balaban J connectivity index is 0.00000208. The quantitative estimate of drug-likeness (QED) is 0.695. The monoisotopic (exact) mass is 416 g/mol. The van der Waals surface area contributed by atoms with Crippen LogP contribution in [0.5, 0.6) is 5.75 Å². The van der Waals surface area contributed by atoms with Crippen LogP contribution in [-0.2, 0) is 0 Å². The van der Waals surface area contributed by atoms with Crippen LogP contribution in [0.25, 0.3) is 11.1 Å². The van der Waals surface area contributed by atoms with Crippen molar-refractivity contribution in [1.29, 1.82) is 0 Å². The average molecular weight is 417 g/mol. The summed E-state index contributed by atoms with van der Waals surface area (Å²) < 4.78 is 20.3. The molecular weight excluding hydrogens is 396 g/mol. The van der Waals surface area contributed by atoms with Crippen molar-refractivity contribution in [2.75, 3.05) is 6.61 Å². The molecule has 0 aliphatic heterocycles. The van der Waals surface area contributed by atoms with E-state index in [-0.39, 0.29) is 63.2 Å². The fourth-order valence-corrected chi connectivity index (χ4v) is 3.36. The molecule has 122 valence electrons. The van der Waals surface area contributed by atoms with Gasteiger partial charge in [-0.05, 0) is 42.4 Å². The summed E-state index contributed by atoms with van der Waals surface area (Å²) in [5, 5.41) is 0.0690. The second-order valence-corrected chi connectivity index (χ2v) is 6.84. The first-order valence-electron chi connectivity index (χ1n) is 8.22. The van der Waals surface area contributed by atoms with Crippen molar-refractivity contribution >= 4 is 11.6 Å². The third-order valence-electron chi connectivity index (χ3n) is 4.69. The number of hydrogen-bond donors (Lipinski definition) is 0. The number of ether oxygens (including phenoxy) is 1. The van der Waals surface area contributed by atoms with Gasteiger partial charge in [0, 0.05) is 0 Å². The molecule has 2 aromatic carbocycles. The third kappa shape index (κ3) is 5.14. The number of hydrogen-bond acceptors (Lipinski definition) is 1. The molecule has 1 saturated carbocycles. The standard InChI is InChI=1S/C20H21ClFO.Rb/c1-14-7-9-15(10-8-14)13-23-18-12-11-17(20(22)19(18)21)16-5-3-2-4-6-16;/h3-6,11-12,14-15H,7-10,13H2,1H3;/q-1;+1. The zero-order valence-corrected chi connectivity index (χ0v) is 20.0. The van der Waals surface area contributed by atoms with E-state index in [9.17, 15) is 4.39 Å². The van der Waals surface area contributed by atoms with Crippen molar-refractivity contribution in [3.05, 3.63) is 53.3 Å². The largest absolute Gasteiger partial charge is 1.00 e. The summed E-state index contributed by atoms with van der Waals surface area (Å²) >= 11 is 6.18. The first-order valence-corrected chi connectivity index (χ1v) is 8.60. The molecule has 0 unspecified atom stereocenters. The molecule has 0 aromatic heterocycles. The van der Waals surface area contributed by atoms with Crippen molar-refractivity contribution < 1.29 is 67.3 Å². The van der Waals surface area contributed by atoms with Gasteiger partial charge in [0.25, 0.3) is 0 Å². The molecule has 1 aliphatic rings. The van der Waals surface area contributed by atoms with Crippen LogP contribution in [0.1, 0.15) is 32.6 Å².